The molecule has 3 aromatic rings. The van der Waals surface area contributed by atoms with Crippen molar-refractivity contribution in [2.45, 2.75) is 55.0 Å². The second-order valence-corrected chi connectivity index (χ2v) is 12.2. The number of hydrogen-bond acceptors (Lipinski definition) is 7. The van der Waals surface area contributed by atoms with Crippen LogP contribution in [0.4, 0.5) is 14.5 Å². The number of nitriles is 1. The van der Waals surface area contributed by atoms with Gasteiger partial charge < -0.3 is 14.5 Å². The molecule has 6 rings (SSSR count). The number of ether oxygens (including phenoxy) is 1. The van der Waals surface area contributed by atoms with Crippen molar-refractivity contribution in [1.82, 2.24) is 10.2 Å². The van der Waals surface area contributed by atoms with Gasteiger partial charge >= 0.3 is 0 Å². The normalized spacial score (nSPS) is 18.8. The Labute approximate surface area is 251 Å². The Hall–Kier alpha value is -4.43. The fraction of sp³-hybridized carbons (Fsp3) is 0.312. The Balaban J connectivity index is 1.05. The van der Waals surface area contributed by atoms with E-state index in [2.05, 4.69) is 5.32 Å². The minimum atomic E-state index is -0.725. The first-order valence-corrected chi connectivity index (χ1v) is 15.0. The molecule has 1 atom stereocenters. The molecule has 0 saturated carbocycles. The number of amides is 3. The van der Waals surface area contributed by atoms with E-state index in [1.807, 2.05) is 17.0 Å². The molecule has 2 saturated heterocycles. The summed E-state index contributed by atoms with van der Waals surface area (Å²) in [5.74, 6) is -1.47. The molecule has 3 heterocycles. The quantitative estimate of drug-likeness (QED) is 0.383. The number of benzene rings is 3. The fourth-order valence-corrected chi connectivity index (χ4v) is 6.96. The van der Waals surface area contributed by atoms with Crippen molar-refractivity contribution in [3.05, 3.63) is 88.5 Å². The average molecular weight is 603 g/mol. The number of nitrogens with zero attached hydrogens (tertiary/aromatic N) is 3. The van der Waals surface area contributed by atoms with Gasteiger partial charge in [0.05, 0.1) is 23.9 Å². The molecule has 1 N–H and O–H groups in total. The summed E-state index contributed by atoms with van der Waals surface area (Å²) in [6.45, 7) is 1.47. The van der Waals surface area contributed by atoms with E-state index >= 15 is 4.39 Å². The van der Waals surface area contributed by atoms with E-state index in [9.17, 15) is 18.8 Å². The van der Waals surface area contributed by atoms with Crippen LogP contribution >= 0.6 is 11.8 Å². The van der Waals surface area contributed by atoms with Crippen molar-refractivity contribution in [1.29, 1.82) is 5.26 Å². The largest absolute Gasteiger partial charge is 0.488 e. The van der Waals surface area contributed by atoms with E-state index in [1.165, 1.54) is 17.0 Å². The van der Waals surface area contributed by atoms with Gasteiger partial charge in [-0.05, 0) is 61.7 Å². The van der Waals surface area contributed by atoms with E-state index in [0.29, 0.717) is 46.8 Å². The maximum atomic E-state index is 15.1. The molecule has 3 aromatic carbocycles. The number of piperidine rings is 2. The molecule has 0 unspecified atom stereocenters. The van der Waals surface area contributed by atoms with Crippen LogP contribution in [0.3, 0.4) is 0 Å². The summed E-state index contributed by atoms with van der Waals surface area (Å²) in [7, 11) is 0. The smallest absolute Gasteiger partial charge is 0.255 e. The van der Waals surface area contributed by atoms with Gasteiger partial charge in [-0.2, -0.15) is 5.26 Å². The molecule has 8 nitrogen and oxygen atoms in total. The molecule has 0 bridgehead atoms. The summed E-state index contributed by atoms with van der Waals surface area (Å²) in [4.78, 5) is 41.2. The van der Waals surface area contributed by atoms with Gasteiger partial charge in [-0.3, -0.25) is 19.7 Å². The van der Waals surface area contributed by atoms with Crippen molar-refractivity contribution in [3.8, 4) is 11.8 Å². The molecular weight excluding hydrogens is 574 g/mol. The maximum Gasteiger partial charge on any atom is 0.255 e. The van der Waals surface area contributed by atoms with E-state index in [1.54, 1.807) is 48.2 Å². The predicted octanol–water partition coefficient (Wildman–Crippen LogP) is 4.94. The Morgan fingerprint density at radius 3 is 2.53 bits per heavy atom. The molecule has 0 spiro atoms. The van der Waals surface area contributed by atoms with Crippen molar-refractivity contribution in [2.75, 3.05) is 18.0 Å². The first-order valence-electron chi connectivity index (χ1n) is 14.1. The summed E-state index contributed by atoms with van der Waals surface area (Å²) in [5, 5.41) is 11.5. The zero-order valence-corrected chi connectivity index (χ0v) is 24.0. The van der Waals surface area contributed by atoms with Gasteiger partial charge in [0.15, 0.2) is 0 Å². The first kappa shape index (κ1) is 28.7. The molecular formula is C32H28F2N4O4S. The van der Waals surface area contributed by atoms with Crippen LogP contribution in [-0.2, 0) is 22.7 Å². The number of imide groups is 1. The van der Waals surface area contributed by atoms with Gasteiger partial charge in [-0.1, -0.05) is 12.1 Å². The third-order valence-corrected chi connectivity index (χ3v) is 9.44. The van der Waals surface area contributed by atoms with Gasteiger partial charge in [0.2, 0.25) is 11.8 Å². The SMILES string of the molecule is N#Cc1ccc(N2CCC(Sc3ccc(COc4cccc5c4CN([C@H]4CCC(=O)NC4=O)C5=O)c(F)c3)CC2)c(F)c1. The predicted molar refractivity (Wildman–Crippen MR) is 155 cm³/mol. The Bertz CT molecular complexity index is 1650. The average Bonchev–Trinajstić information content (AvgIpc) is 3.33. The number of rotatable bonds is 7. The van der Waals surface area contributed by atoms with Crippen molar-refractivity contribution < 1.29 is 27.9 Å². The number of carbonyl (C=O) groups excluding carboxylic acids is 3. The number of thioether (sulfide) groups is 1. The van der Waals surface area contributed by atoms with Gasteiger partial charge in [0.1, 0.15) is 30.0 Å². The van der Waals surface area contributed by atoms with Crippen molar-refractivity contribution in [2.24, 2.45) is 0 Å². The monoisotopic (exact) mass is 602 g/mol. The summed E-state index contributed by atoms with van der Waals surface area (Å²) in [6.07, 6.45) is 2.06. The van der Waals surface area contributed by atoms with Crippen molar-refractivity contribution in [3.63, 3.8) is 0 Å². The molecule has 11 heteroatoms. The van der Waals surface area contributed by atoms with Crippen LogP contribution in [0.15, 0.2) is 59.5 Å². The molecule has 220 valence electrons. The third kappa shape index (κ3) is 5.92. The minimum Gasteiger partial charge on any atom is -0.488 e. The zero-order valence-electron chi connectivity index (χ0n) is 23.1. The first-order chi connectivity index (χ1) is 20.8. The summed E-state index contributed by atoms with van der Waals surface area (Å²) >= 11 is 1.60. The fourth-order valence-electron chi connectivity index (χ4n) is 5.81. The van der Waals surface area contributed by atoms with E-state index < -0.39 is 23.6 Å². The number of halogens is 2. The molecule has 3 aliphatic rings. The Kier molecular flexibility index (Phi) is 8.04. The summed E-state index contributed by atoms with van der Waals surface area (Å²) in [6, 6.07) is 15.9. The van der Waals surface area contributed by atoms with Crippen LogP contribution < -0.4 is 15.0 Å². The Morgan fingerprint density at radius 2 is 1.81 bits per heavy atom. The number of hydrogen-bond donors (Lipinski definition) is 1. The number of nitrogens with one attached hydrogen (secondary N) is 1. The highest BCUT2D eigenvalue weighted by molar-refractivity contribution is 8.00. The van der Waals surface area contributed by atoms with Crippen LogP contribution in [-0.4, -0.2) is 47.0 Å². The van der Waals surface area contributed by atoms with E-state index in [0.717, 1.165) is 17.7 Å². The standard InChI is InChI=1S/C32H28F2N4O4S/c33-25-15-22(43-21-10-12-37(13-11-21)27-7-4-19(16-35)14-26(27)34)6-5-20(25)18-42-29-3-1-2-23-24(29)17-38(32(23)41)28-8-9-30(39)36-31(28)40/h1-7,14-15,21,28H,8-13,17-18H2,(H,36,39,40)/t28-/m0/s1. The summed E-state index contributed by atoms with van der Waals surface area (Å²) in [5.41, 5.74) is 2.23. The van der Waals surface area contributed by atoms with E-state index in [4.69, 9.17) is 10.00 Å². The number of anilines is 1. The van der Waals surface area contributed by atoms with Crippen LogP contribution in [0.2, 0.25) is 0 Å². The molecule has 3 amide bonds. The van der Waals surface area contributed by atoms with Gasteiger partial charge in [-0.25, -0.2) is 8.78 Å². The molecule has 3 aliphatic heterocycles. The minimum absolute atomic E-state index is 0.0333. The van der Waals surface area contributed by atoms with Gasteiger partial charge in [-0.15, -0.1) is 11.8 Å². The lowest BCUT2D eigenvalue weighted by Gasteiger charge is -2.33. The zero-order chi connectivity index (χ0) is 30.1. The molecule has 0 radical (unpaired) electrons. The lowest BCUT2D eigenvalue weighted by molar-refractivity contribution is -0.136. The van der Waals surface area contributed by atoms with Crippen LogP contribution in [0.25, 0.3) is 0 Å². The third-order valence-electron chi connectivity index (χ3n) is 8.11. The molecule has 2 fully saturated rings. The van der Waals surface area contributed by atoms with E-state index in [-0.39, 0.29) is 43.1 Å². The summed E-state index contributed by atoms with van der Waals surface area (Å²) < 4.78 is 35.5. The molecule has 0 aromatic heterocycles. The van der Waals surface area contributed by atoms with Gasteiger partial charge in [0.25, 0.3) is 5.91 Å². The van der Waals surface area contributed by atoms with Crippen LogP contribution in [0.1, 0.15) is 52.7 Å². The lowest BCUT2D eigenvalue weighted by atomic mass is 10.0. The maximum absolute atomic E-state index is 15.1. The number of carbonyl (C=O) groups is 3. The lowest BCUT2D eigenvalue weighted by Crippen LogP contribution is -2.52. The molecule has 43 heavy (non-hydrogen) atoms. The highest BCUT2D eigenvalue weighted by atomic mass is 32.2. The topological polar surface area (TPSA) is 103 Å². The van der Waals surface area contributed by atoms with Crippen LogP contribution in [0, 0.1) is 23.0 Å². The highest BCUT2D eigenvalue weighted by Gasteiger charge is 2.40. The Morgan fingerprint density at radius 1 is 1.00 bits per heavy atom. The second kappa shape index (κ2) is 12.1. The number of fused-ring (bicyclic) bond motifs is 1. The second-order valence-electron chi connectivity index (χ2n) is 10.8. The van der Waals surface area contributed by atoms with Crippen LogP contribution in [0.5, 0.6) is 5.75 Å². The van der Waals surface area contributed by atoms with Gasteiger partial charge in [0, 0.05) is 46.3 Å². The van der Waals surface area contributed by atoms with Crippen molar-refractivity contribution >= 4 is 35.2 Å². The highest BCUT2D eigenvalue weighted by Crippen LogP contribution is 2.36. The molecule has 0 aliphatic carbocycles.